The van der Waals surface area contributed by atoms with Gasteiger partial charge in [0.15, 0.2) is 0 Å². The van der Waals surface area contributed by atoms with E-state index in [4.69, 9.17) is 0 Å². The fourth-order valence-corrected chi connectivity index (χ4v) is 3.31. The fourth-order valence-electron chi connectivity index (χ4n) is 3.31. The van der Waals surface area contributed by atoms with Crippen molar-refractivity contribution in [2.24, 2.45) is 0 Å². The molecule has 1 aromatic carbocycles. The Morgan fingerprint density at radius 1 is 1.24 bits per heavy atom. The minimum absolute atomic E-state index is 0. The molecule has 4 rings (SSSR count). The number of aromatic nitrogens is 1. The first-order valence-corrected chi connectivity index (χ1v) is 8.13. The Morgan fingerprint density at radius 3 is 2.52 bits per heavy atom. The molecule has 1 aromatic heterocycles. The second-order valence-electron chi connectivity index (χ2n) is 6.37. The maximum atomic E-state index is 14.6. The van der Waals surface area contributed by atoms with E-state index < -0.39 is 17.2 Å². The SMILES string of the molecule is O=C(O)c1cn(C2CC2)c2cc(N3CCNCC3)c(F)cc2c1=O.[Bi]. The van der Waals surface area contributed by atoms with Crippen LogP contribution in [0, 0.1) is 5.82 Å². The topological polar surface area (TPSA) is 74.6 Å². The van der Waals surface area contributed by atoms with Crippen LogP contribution in [-0.2, 0) is 0 Å². The summed E-state index contributed by atoms with van der Waals surface area (Å²) in [5.74, 6) is -1.76. The molecule has 0 bridgehead atoms. The van der Waals surface area contributed by atoms with Gasteiger partial charge in [-0.15, -0.1) is 0 Å². The Balaban J connectivity index is 0.00000182. The maximum absolute atomic E-state index is 14.6. The van der Waals surface area contributed by atoms with Gasteiger partial charge in [-0.1, -0.05) is 0 Å². The normalized spacial score (nSPS) is 17.4. The number of carbonyl (C=O) groups is 1. The van der Waals surface area contributed by atoms with E-state index in [1.807, 2.05) is 9.47 Å². The number of carboxylic acid groups (broad SMARTS) is 1. The van der Waals surface area contributed by atoms with Crippen molar-refractivity contribution >= 4 is 48.8 Å². The zero-order valence-corrected chi connectivity index (χ0v) is 17.0. The first-order chi connectivity index (χ1) is 11.6. The maximum Gasteiger partial charge on any atom is 0.341 e. The number of halogens is 1. The minimum atomic E-state index is -1.28. The molecule has 1 saturated carbocycles. The molecule has 2 heterocycles. The van der Waals surface area contributed by atoms with Crippen LogP contribution in [0.5, 0.6) is 0 Å². The summed E-state index contributed by atoms with van der Waals surface area (Å²) in [6, 6.07) is 3.08. The summed E-state index contributed by atoms with van der Waals surface area (Å²) < 4.78 is 16.4. The molecule has 0 unspecified atom stereocenters. The first-order valence-electron chi connectivity index (χ1n) is 8.13. The molecule has 25 heavy (non-hydrogen) atoms. The quantitative estimate of drug-likeness (QED) is 0.573. The number of pyridine rings is 1. The predicted molar refractivity (Wildman–Crippen MR) is 94.2 cm³/mol. The van der Waals surface area contributed by atoms with Gasteiger partial charge in [0.05, 0.1) is 11.2 Å². The Kier molecular flexibility index (Phi) is 5.12. The van der Waals surface area contributed by atoms with Crippen molar-refractivity contribution in [3.63, 3.8) is 0 Å². The largest absolute Gasteiger partial charge is 0.477 e. The fraction of sp³-hybridized carbons (Fsp3) is 0.412. The number of rotatable bonds is 3. The smallest absolute Gasteiger partial charge is 0.341 e. The number of fused-ring (bicyclic) bond motifs is 1. The van der Waals surface area contributed by atoms with E-state index in [2.05, 4.69) is 5.32 Å². The van der Waals surface area contributed by atoms with Gasteiger partial charge in [0.2, 0.25) is 5.43 Å². The second kappa shape index (κ2) is 7.00. The van der Waals surface area contributed by atoms with E-state index in [0.717, 1.165) is 25.9 Å². The number of anilines is 1. The summed E-state index contributed by atoms with van der Waals surface area (Å²) in [7, 11) is 0. The van der Waals surface area contributed by atoms with Gasteiger partial charge in [-0.3, -0.25) is 4.79 Å². The van der Waals surface area contributed by atoms with E-state index in [1.54, 1.807) is 6.07 Å². The number of nitrogens with one attached hydrogen (secondary N) is 1. The molecule has 2 N–H and O–H groups in total. The molecule has 0 spiro atoms. The molecule has 3 radical (unpaired) electrons. The van der Waals surface area contributed by atoms with Crippen LogP contribution < -0.4 is 15.6 Å². The third kappa shape index (κ3) is 3.29. The third-order valence-electron chi connectivity index (χ3n) is 4.73. The van der Waals surface area contributed by atoms with Crippen LogP contribution in [0.2, 0.25) is 0 Å². The van der Waals surface area contributed by atoms with Crippen LogP contribution >= 0.6 is 0 Å². The van der Waals surface area contributed by atoms with Crippen molar-refractivity contribution < 1.29 is 14.3 Å². The number of piperazine rings is 1. The third-order valence-corrected chi connectivity index (χ3v) is 4.73. The summed E-state index contributed by atoms with van der Waals surface area (Å²) in [5.41, 5.74) is 0.159. The molecule has 2 aromatic rings. The zero-order valence-electron chi connectivity index (χ0n) is 13.5. The number of benzene rings is 1. The molecule has 1 aliphatic carbocycles. The molecule has 1 saturated heterocycles. The average molecular weight is 540 g/mol. The first kappa shape index (κ1) is 18.3. The van der Waals surface area contributed by atoms with E-state index in [-0.39, 0.29) is 43.2 Å². The Morgan fingerprint density at radius 2 is 1.92 bits per heavy atom. The van der Waals surface area contributed by atoms with Crippen LogP contribution in [0.25, 0.3) is 10.9 Å². The molecule has 0 amide bonds. The molecule has 6 nitrogen and oxygen atoms in total. The standard InChI is InChI=1S/C17H18FN3O3.Bi/c18-13-7-11-14(8-15(13)20-5-3-19-4-6-20)21(10-1-2-10)9-12(16(11)22)17(23)24;/h7-10,19H,1-6H2,(H,23,24);. The van der Waals surface area contributed by atoms with Crippen molar-refractivity contribution in [1.29, 1.82) is 0 Å². The molecule has 131 valence electrons. The van der Waals surface area contributed by atoms with Crippen LogP contribution in [0.4, 0.5) is 10.1 Å². The number of hydrogen-bond donors (Lipinski definition) is 2. The van der Waals surface area contributed by atoms with Crippen LogP contribution in [0.1, 0.15) is 29.2 Å². The second-order valence-corrected chi connectivity index (χ2v) is 6.37. The molecular weight excluding hydrogens is 522 g/mol. The van der Waals surface area contributed by atoms with E-state index in [9.17, 15) is 19.1 Å². The van der Waals surface area contributed by atoms with E-state index in [1.165, 1.54) is 12.3 Å². The van der Waals surface area contributed by atoms with Gasteiger partial charge in [-0.2, -0.15) is 0 Å². The Bertz CT molecular complexity index is 889. The molecule has 1 aliphatic heterocycles. The van der Waals surface area contributed by atoms with Crippen molar-refractivity contribution in [1.82, 2.24) is 9.88 Å². The number of aromatic carboxylic acids is 1. The Hall–Kier alpha value is -1.53. The van der Waals surface area contributed by atoms with Crippen LogP contribution in [0.15, 0.2) is 23.1 Å². The van der Waals surface area contributed by atoms with Gasteiger partial charge >= 0.3 is 5.97 Å². The van der Waals surface area contributed by atoms with Crippen molar-refractivity contribution in [3.8, 4) is 0 Å². The van der Waals surface area contributed by atoms with Crippen molar-refractivity contribution in [2.45, 2.75) is 18.9 Å². The molecule has 0 atom stereocenters. The van der Waals surface area contributed by atoms with Gasteiger partial charge in [0.1, 0.15) is 11.4 Å². The van der Waals surface area contributed by atoms with E-state index in [0.29, 0.717) is 24.3 Å². The predicted octanol–water partition coefficient (Wildman–Crippen LogP) is 1.20. The van der Waals surface area contributed by atoms with Gasteiger partial charge < -0.3 is 19.9 Å². The number of hydrogen-bond acceptors (Lipinski definition) is 4. The molecule has 8 heteroatoms. The number of nitrogens with zero attached hydrogens (tertiary/aromatic N) is 2. The monoisotopic (exact) mass is 540 g/mol. The van der Waals surface area contributed by atoms with Gasteiger partial charge in [0.25, 0.3) is 0 Å². The van der Waals surface area contributed by atoms with Crippen LogP contribution in [-0.4, -0.2) is 68.0 Å². The number of carboxylic acids is 1. The summed E-state index contributed by atoms with van der Waals surface area (Å²) >= 11 is 0. The van der Waals surface area contributed by atoms with Gasteiger partial charge in [-0.25, -0.2) is 9.18 Å². The molecular formula is C17H18BiFN3O3. The molecule has 2 fully saturated rings. The van der Waals surface area contributed by atoms with Gasteiger partial charge in [0, 0.05) is 70.0 Å². The summed E-state index contributed by atoms with van der Waals surface area (Å²) in [4.78, 5) is 25.7. The Labute approximate surface area is 162 Å². The molecule has 2 aliphatic rings. The minimum Gasteiger partial charge on any atom is -0.477 e. The summed E-state index contributed by atoms with van der Waals surface area (Å²) in [6.07, 6.45) is 3.29. The van der Waals surface area contributed by atoms with Gasteiger partial charge in [-0.05, 0) is 25.0 Å². The summed E-state index contributed by atoms with van der Waals surface area (Å²) in [6.45, 7) is 2.96. The van der Waals surface area contributed by atoms with Crippen molar-refractivity contribution in [3.05, 3.63) is 39.9 Å². The van der Waals surface area contributed by atoms with E-state index >= 15 is 0 Å². The van der Waals surface area contributed by atoms with Crippen LogP contribution in [0.3, 0.4) is 0 Å². The summed E-state index contributed by atoms with van der Waals surface area (Å²) in [5, 5.41) is 12.6. The zero-order chi connectivity index (χ0) is 16.8. The van der Waals surface area contributed by atoms with Crippen molar-refractivity contribution in [2.75, 3.05) is 31.1 Å². The average Bonchev–Trinajstić information content (AvgIpc) is 3.40.